The van der Waals surface area contributed by atoms with E-state index in [2.05, 4.69) is 55.6 Å². The second-order valence-electron chi connectivity index (χ2n) is 5.87. The van der Waals surface area contributed by atoms with Gasteiger partial charge in [-0.15, -0.1) is 0 Å². The number of hydrogen-bond acceptors (Lipinski definition) is 2. The van der Waals surface area contributed by atoms with Crippen LogP contribution in [-0.2, 0) is 19.5 Å². The van der Waals surface area contributed by atoms with Gasteiger partial charge in [0.2, 0.25) is 0 Å². The average Bonchev–Trinajstić information content (AvgIpc) is 2.49. The number of rotatable bonds is 7. The van der Waals surface area contributed by atoms with Crippen molar-refractivity contribution in [2.24, 2.45) is 5.92 Å². The van der Waals surface area contributed by atoms with Crippen LogP contribution in [-0.4, -0.2) is 7.11 Å². The summed E-state index contributed by atoms with van der Waals surface area (Å²) >= 11 is 0. The summed E-state index contributed by atoms with van der Waals surface area (Å²) in [6.45, 7) is 6.28. The van der Waals surface area contributed by atoms with E-state index in [0.29, 0.717) is 5.92 Å². The molecule has 0 atom stereocenters. The molecular formula is C19H25NO. The van der Waals surface area contributed by atoms with Crippen LogP contribution >= 0.6 is 0 Å². The van der Waals surface area contributed by atoms with Crippen LogP contribution in [0.25, 0.3) is 0 Å². The second kappa shape index (κ2) is 7.84. The Labute approximate surface area is 128 Å². The van der Waals surface area contributed by atoms with Crippen LogP contribution in [0.1, 0.15) is 30.5 Å². The zero-order valence-electron chi connectivity index (χ0n) is 13.2. The van der Waals surface area contributed by atoms with Gasteiger partial charge in [0.1, 0.15) is 5.75 Å². The zero-order chi connectivity index (χ0) is 15.1. The molecule has 2 nitrogen and oxygen atoms in total. The van der Waals surface area contributed by atoms with Crippen LogP contribution < -0.4 is 10.1 Å². The Morgan fingerprint density at radius 1 is 0.810 bits per heavy atom. The largest absolute Gasteiger partial charge is 0.497 e. The predicted octanol–water partition coefficient (Wildman–Crippen LogP) is 4.18. The lowest BCUT2D eigenvalue weighted by Crippen LogP contribution is -2.12. The maximum Gasteiger partial charge on any atom is 0.118 e. The van der Waals surface area contributed by atoms with Crippen molar-refractivity contribution in [3.05, 3.63) is 65.2 Å². The van der Waals surface area contributed by atoms with E-state index in [1.807, 2.05) is 12.1 Å². The Morgan fingerprint density at radius 3 is 1.76 bits per heavy atom. The third kappa shape index (κ3) is 5.24. The van der Waals surface area contributed by atoms with Gasteiger partial charge in [0.05, 0.1) is 7.11 Å². The molecular weight excluding hydrogens is 258 g/mol. The summed E-state index contributed by atoms with van der Waals surface area (Å²) in [5, 5.41) is 3.47. The van der Waals surface area contributed by atoms with E-state index in [9.17, 15) is 0 Å². The molecule has 0 aliphatic rings. The Morgan fingerprint density at radius 2 is 1.29 bits per heavy atom. The molecule has 0 amide bonds. The van der Waals surface area contributed by atoms with Crippen molar-refractivity contribution in [1.82, 2.24) is 5.32 Å². The molecule has 0 unspecified atom stereocenters. The fourth-order valence-corrected chi connectivity index (χ4v) is 2.36. The standard InChI is InChI=1S/C19H25NO/c1-15(2)12-16-4-6-17(7-5-16)13-20-14-18-8-10-19(21-3)11-9-18/h4-11,15,20H,12-14H2,1-3H3. The normalized spacial score (nSPS) is 10.9. The molecule has 0 spiro atoms. The molecule has 21 heavy (non-hydrogen) atoms. The van der Waals surface area contributed by atoms with Crippen LogP contribution in [0.5, 0.6) is 5.75 Å². The van der Waals surface area contributed by atoms with Gasteiger partial charge < -0.3 is 10.1 Å². The topological polar surface area (TPSA) is 21.3 Å². The highest BCUT2D eigenvalue weighted by Gasteiger charge is 1.99. The Bertz CT molecular complexity index is 528. The Balaban J connectivity index is 1.79. The number of ether oxygens (including phenoxy) is 1. The van der Waals surface area contributed by atoms with Gasteiger partial charge in [-0.2, -0.15) is 0 Å². The molecule has 2 heteroatoms. The van der Waals surface area contributed by atoms with Crippen LogP contribution in [0.2, 0.25) is 0 Å². The molecule has 0 aliphatic carbocycles. The summed E-state index contributed by atoms with van der Waals surface area (Å²) in [5.41, 5.74) is 4.02. The van der Waals surface area contributed by atoms with Crippen molar-refractivity contribution < 1.29 is 4.74 Å². The SMILES string of the molecule is COc1ccc(CNCc2ccc(CC(C)C)cc2)cc1. The lowest BCUT2D eigenvalue weighted by Gasteiger charge is -2.08. The summed E-state index contributed by atoms with van der Waals surface area (Å²) in [6.07, 6.45) is 1.15. The van der Waals surface area contributed by atoms with Crippen LogP contribution in [0.3, 0.4) is 0 Å². The smallest absolute Gasteiger partial charge is 0.118 e. The molecule has 112 valence electrons. The van der Waals surface area contributed by atoms with E-state index >= 15 is 0 Å². The first-order chi connectivity index (χ1) is 10.2. The molecule has 0 heterocycles. The minimum atomic E-state index is 0.712. The summed E-state index contributed by atoms with van der Waals surface area (Å²) in [5.74, 6) is 1.61. The average molecular weight is 283 g/mol. The van der Waals surface area contributed by atoms with Crippen molar-refractivity contribution in [3.63, 3.8) is 0 Å². The molecule has 1 N–H and O–H groups in total. The van der Waals surface area contributed by atoms with Gasteiger partial charge in [-0.05, 0) is 41.2 Å². The van der Waals surface area contributed by atoms with E-state index in [4.69, 9.17) is 4.74 Å². The third-order valence-corrected chi connectivity index (χ3v) is 3.48. The summed E-state index contributed by atoms with van der Waals surface area (Å²) in [7, 11) is 1.69. The minimum Gasteiger partial charge on any atom is -0.497 e. The molecule has 0 bridgehead atoms. The molecule has 2 aromatic carbocycles. The quantitative estimate of drug-likeness (QED) is 0.823. The van der Waals surface area contributed by atoms with Gasteiger partial charge in [0.15, 0.2) is 0 Å². The van der Waals surface area contributed by atoms with Crippen molar-refractivity contribution >= 4 is 0 Å². The Hall–Kier alpha value is -1.80. The highest BCUT2D eigenvalue weighted by molar-refractivity contribution is 5.27. The molecule has 2 rings (SSSR count). The molecule has 0 saturated heterocycles. The molecule has 0 saturated carbocycles. The van der Waals surface area contributed by atoms with Gasteiger partial charge in [-0.1, -0.05) is 50.2 Å². The highest BCUT2D eigenvalue weighted by Crippen LogP contribution is 2.12. The van der Waals surface area contributed by atoms with Gasteiger partial charge in [0.25, 0.3) is 0 Å². The van der Waals surface area contributed by atoms with Gasteiger partial charge in [0, 0.05) is 13.1 Å². The van der Waals surface area contributed by atoms with Crippen LogP contribution in [0.15, 0.2) is 48.5 Å². The number of nitrogens with one attached hydrogen (secondary N) is 1. The van der Waals surface area contributed by atoms with Gasteiger partial charge in [-0.3, -0.25) is 0 Å². The summed E-state index contributed by atoms with van der Waals surface area (Å²) in [4.78, 5) is 0. The van der Waals surface area contributed by atoms with Crippen molar-refractivity contribution in [2.75, 3.05) is 7.11 Å². The van der Waals surface area contributed by atoms with Gasteiger partial charge in [-0.25, -0.2) is 0 Å². The number of methoxy groups -OCH3 is 1. The molecule has 0 aromatic heterocycles. The first-order valence-electron chi connectivity index (χ1n) is 7.59. The van der Waals surface area contributed by atoms with Crippen LogP contribution in [0, 0.1) is 5.92 Å². The van der Waals surface area contributed by atoms with E-state index in [1.54, 1.807) is 7.11 Å². The monoisotopic (exact) mass is 283 g/mol. The number of benzene rings is 2. The predicted molar refractivity (Wildman–Crippen MR) is 88.5 cm³/mol. The lowest BCUT2D eigenvalue weighted by atomic mass is 10.0. The molecule has 0 aliphatic heterocycles. The fourth-order valence-electron chi connectivity index (χ4n) is 2.36. The minimum absolute atomic E-state index is 0.712. The highest BCUT2D eigenvalue weighted by atomic mass is 16.5. The third-order valence-electron chi connectivity index (χ3n) is 3.48. The lowest BCUT2D eigenvalue weighted by molar-refractivity contribution is 0.414. The first kappa shape index (κ1) is 15.6. The van der Waals surface area contributed by atoms with E-state index in [0.717, 1.165) is 25.3 Å². The maximum atomic E-state index is 5.16. The fraction of sp³-hybridized carbons (Fsp3) is 0.368. The summed E-state index contributed by atoms with van der Waals surface area (Å²) in [6, 6.07) is 17.1. The zero-order valence-corrected chi connectivity index (χ0v) is 13.2. The van der Waals surface area contributed by atoms with Crippen molar-refractivity contribution in [2.45, 2.75) is 33.4 Å². The second-order valence-corrected chi connectivity index (χ2v) is 5.87. The Kier molecular flexibility index (Phi) is 5.82. The first-order valence-corrected chi connectivity index (χ1v) is 7.59. The molecule has 2 aromatic rings. The van der Waals surface area contributed by atoms with Crippen molar-refractivity contribution in [1.29, 1.82) is 0 Å². The van der Waals surface area contributed by atoms with E-state index in [1.165, 1.54) is 16.7 Å². The molecule has 0 fully saturated rings. The van der Waals surface area contributed by atoms with Crippen LogP contribution in [0.4, 0.5) is 0 Å². The van der Waals surface area contributed by atoms with Crippen molar-refractivity contribution in [3.8, 4) is 5.75 Å². The van der Waals surface area contributed by atoms with Gasteiger partial charge >= 0.3 is 0 Å². The van der Waals surface area contributed by atoms with E-state index in [-0.39, 0.29) is 0 Å². The van der Waals surface area contributed by atoms with E-state index < -0.39 is 0 Å². The maximum absolute atomic E-state index is 5.16. The number of hydrogen-bond donors (Lipinski definition) is 1. The molecule has 0 radical (unpaired) electrons. The summed E-state index contributed by atoms with van der Waals surface area (Å²) < 4.78 is 5.16.